The van der Waals surface area contributed by atoms with Crippen molar-refractivity contribution >= 4 is 23.1 Å². The van der Waals surface area contributed by atoms with Gasteiger partial charge in [0, 0.05) is 60.5 Å². The Labute approximate surface area is 262 Å². The SMILES string of the molecule is COc1cc(NC(=O)NOc2ccc(Oc3ccc(C)cc3OC)cc2CNc2ccc(N3CCOCC3)cc2)cc(OC)c1. The number of anilines is 3. The van der Waals surface area contributed by atoms with Crippen molar-refractivity contribution in [3.05, 3.63) is 90.0 Å². The van der Waals surface area contributed by atoms with E-state index in [4.69, 9.17) is 28.5 Å². The summed E-state index contributed by atoms with van der Waals surface area (Å²) in [5, 5.41) is 6.18. The molecule has 0 aliphatic carbocycles. The van der Waals surface area contributed by atoms with E-state index in [1.54, 1.807) is 37.4 Å². The van der Waals surface area contributed by atoms with Gasteiger partial charge in [-0.1, -0.05) is 6.07 Å². The maximum atomic E-state index is 12.7. The Morgan fingerprint density at radius 3 is 2.16 bits per heavy atom. The molecule has 1 saturated heterocycles. The molecule has 0 spiro atoms. The molecule has 3 N–H and O–H groups in total. The Morgan fingerprint density at radius 1 is 0.756 bits per heavy atom. The third kappa shape index (κ3) is 8.42. The number of urea groups is 1. The number of aryl methyl sites for hydroxylation is 1. The average molecular weight is 615 g/mol. The molecule has 4 aromatic rings. The minimum absolute atomic E-state index is 0.394. The van der Waals surface area contributed by atoms with Gasteiger partial charge in [0.2, 0.25) is 0 Å². The van der Waals surface area contributed by atoms with Crippen molar-refractivity contribution in [1.29, 1.82) is 0 Å². The summed E-state index contributed by atoms with van der Waals surface area (Å²) < 4.78 is 27.7. The highest BCUT2D eigenvalue weighted by Crippen LogP contribution is 2.34. The minimum Gasteiger partial charge on any atom is -0.497 e. The van der Waals surface area contributed by atoms with Crippen LogP contribution in [0.15, 0.2) is 78.9 Å². The first-order valence-electron chi connectivity index (χ1n) is 14.5. The average Bonchev–Trinajstić information content (AvgIpc) is 3.08. The van der Waals surface area contributed by atoms with E-state index < -0.39 is 6.03 Å². The van der Waals surface area contributed by atoms with Gasteiger partial charge in [-0.2, -0.15) is 5.48 Å². The van der Waals surface area contributed by atoms with Gasteiger partial charge >= 0.3 is 6.03 Å². The monoisotopic (exact) mass is 614 g/mol. The number of hydroxylamine groups is 1. The lowest BCUT2D eigenvalue weighted by atomic mass is 10.1. The van der Waals surface area contributed by atoms with Crippen LogP contribution in [-0.2, 0) is 11.3 Å². The predicted octanol–water partition coefficient (Wildman–Crippen LogP) is 6.38. The molecule has 0 atom stereocenters. The van der Waals surface area contributed by atoms with Gasteiger partial charge in [-0.05, 0) is 67.1 Å². The van der Waals surface area contributed by atoms with E-state index in [-0.39, 0.29) is 0 Å². The quantitative estimate of drug-likeness (QED) is 0.157. The Morgan fingerprint density at radius 2 is 1.47 bits per heavy atom. The molecule has 1 aliphatic heterocycles. The Hall–Kier alpha value is -5.29. The van der Waals surface area contributed by atoms with Crippen LogP contribution >= 0.6 is 0 Å². The molecule has 0 saturated carbocycles. The number of hydrogen-bond donors (Lipinski definition) is 3. The first-order valence-corrected chi connectivity index (χ1v) is 14.5. The van der Waals surface area contributed by atoms with Crippen LogP contribution in [0, 0.1) is 6.92 Å². The number of benzene rings is 4. The third-order valence-corrected chi connectivity index (χ3v) is 7.17. The summed E-state index contributed by atoms with van der Waals surface area (Å²) in [6.07, 6.45) is 0. The lowest BCUT2D eigenvalue weighted by Gasteiger charge is -2.29. The molecular formula is C34H38N4O7. The molecule has 45 heavy (non-hydrogen) atoms. The third-order valence-electron chi connectivity index (χ3n) is 7.17. The fourth-order valence-corrected chi connectivity index (χ4v) is 4.79. The first-order chi connectivity index (χ1) is 21.9. The molecule has 0 bridgehead atoms. The van der Waals surface area contributed by atoms with Gasteiger partial charge in [0.05, 0.1) is 34.5 Å². The highest BCUT2D eigenvalue weighted by Gasteiger charge is 2.14. The summed E-state index contributed by atoms with van der Waals surface area (Å²) in [4.78, 5) is 20.8. The zero-order chi connectivity index (χ0) is 31.6. The zero-order valence-electron chi connectivity index (χ0n) is 25.8. The van der Waals surface area contributed by atoms with Crippen molar-refractivity contribution in [1.82, 2.24) is 5.48 Å². The van der Waals surface area contributed by atoms with Gasteiger partial charge in [0.1, 0.15) is 17.2 Å². The number of methoxy groups -OCH3 is 3. The van der Waals surface area contributed by atoms with Crippen LogP contribution in [0.4, 0.5) is 21.9 Å². The molecule has 2 amide bonds. The van der Waals surface area contributed by atoms with Crippen molar-refractivity contribution in [3.8, 4) is 34.5 Å². The largest absolute Gasteiger partial charge is 0.497 e. The Kier molecular flexibility index (Phi) is 10.3. The van der Waals surface area contributed by atoms with Crippen LogP contribution < -0.4 is 44.8 Å². The standard InChI is InChI=1S/C34H38N4O7/c1-23-5-11-32(33(17-23)42-4)44-28-10-12-31(45-37-34(39)36-26-19-29(40-2)21-30(20-26)41-3)24(18-28)22-35-25-6-8-27(9-7-25)38-13-15-43-16-14-38/h5-12,17-21,35H,13-16,22H2,1-4H3,(H2,36,37,39). The topological polar surface area (TPSA) is 112 Å². The number of amides is 2. The molecule has 11 heteroatoms. The zero-order valence-corrected chi connectivity index (χ0v) is 25.8. The van der Waals surface area contributed by atoms with Crippen LogP contribution in [0.1, 0.15) is 11.1 Å². The van der Waals surface area contributed by atoms with Crippen LogP contribution in [0.25, 0.3) is 0 Å². The highest BCUT2D eigenvalue weighted by molar-refractivity contribution is 5.89. The minimum atomic E-state index is -0.576. The van der Waals surface area contributed by atoms with E-state index in [9.17, 15) is 4.79 Å². The number of nitrogens with zero attached hydrogens (tertiary/aromatic N) is 1. The van der Waals surface area contributed by atoms with Gasteiger partial charge in [-0.3, -0.25) is 0 Å². The van der Waals surface area contributed by atoms with Crippen LogP contribution in [0.2, 0.25) is 0 Å². The normalized spacial score (nSPS) is 12.6. The summed E-state index contributed by atoms with van der Waals surface area (Å²) in [5.41, 5.74) is 6.83. The second kappa shape index (κ2) is 14.9. The molecule has 236 valence electrons. The molecule has 11 nitrogen and oxygen atoms in total. The fourth-order valence-electron chi connectivity index (χ4n) is 4.79. The summed E-state index contributed by atoms with van der Waals surface area (Å²) in [7, 11) is 4.69. The lowest BCUT2D eigenvalue weighted by Crippen LogP contribution is -2.36. The van der Waals surface area contributed by atoms with E-state index in [2.05, 4.69) is 33.1 Å². The maximum Gasteiger partial charge on any atom is 0.352 e. The Bertz CT molecular complexity index is 1570. The molecule has 0 aromatic heterocycles. The summed E-state index contributed by atoms with van der Waals surface area (Å²) in [5.74, 6) is 3.31. The number of ether oxygens (including phenoxy) is 5. The van der Waals surface area contributed by atoms with Gasteiger partial charge in [0.15, 0.2) is 17.2 Å². The molecular weight excluding hydrogens is 576 g/mol. The van der Waals surface area contributed by atoms with Gasteiger partial charge in [-0.15, -0.1) is 0 Å². The molecule has 5 rings (SSSR count). The highest BCUT2D eigenvalue weighted by atomic mass is 16.7. The van der Waals surface area contributed by atoms with Gasteiger partial charge in [-0.25, -0.2) is 4.79 Å². The van der Waals surface area contributed by atoms with E-state index in [0.29, 0.717) is 46.7 Å². The summed E-state index contributed by atoms with van der Waals surface area (Å²) in [6, 6.07) is 23.8. The Balaban J connectivity index is 1.31. The number of rotatable bonds is 12. The summed E-state index contributed by atoms with van der Waals surface area (Å²) in [6.45, 7) is 5.59. The second-order valence-electron chi connectivity index (χ2n) is 10.3. The van der Waals surface area contributed by atoms with E-state index in [1.807, 2.05) is 43.3 Å². The van der Waals surface area contributed by atoms with Crippen LogP contribution in [0.3, 0.4) is 0 Å². The van der Waals surface area contributed by atoms with Crippen LogP contribution in [-0.4, -0.2) is 53.7 Å². The van der Waals surface area contributed by atoms with E-state index >= 15 is 0 Å². The molecule has 4 aromatic carbocycles. The maximum absolute atomic E-state index is 12.7. The second-order valence-corrected chi connectivity index (χ2v) is 10.3. The van der Waals surface area contributed by atoms with Crippen LogP contribution in [0.5, 0.6) is 34.5 Å². The van der Waals surface area contributed by atoms with Gasteiger partial charge in [0.25, 0.3) is 0 Å². The molecule has 1 fully saturated rings. The number of morpholine rings is 1. The number of hydrogen-bond acceptors (Lipinski definition) is 9. The fraction of sp³-hybridized carbons (Fsp3) is 0.265. The van der Waals surface area contributed by atoms with E-state index in [0.717, 1.165) is 48.8 Å². The molecule has 1 heterocycles. The molecule has 0 unspecified atom stereocenters. The summed E-state index contributed by atoms with van der Waals surface area (Å²) >= 11 is 0. The van der Waals surface area contributed by atoms with Gasteiger partial charge < -0.3 is 44.1 Å². The number of carbonyl (C=O) groups excluding carboxylic acids is 1. The van der Waals surface area contributed by atoms with Crippen molar-refractivity contribution in [2.45, 2.75) is 13.5 Å². The molecule has 0 radical (unpaired) electrons. The number of carbonyl (C=O) groups is 1. The number of nitrogens with one attached hydrogen (secondary N) is 3. The van der Waals surface area contributed by atoms with Crippen molar-refractivity contribution < 1.29 is 33.3 Å². The van der Waals surface area contributed by atoms with Crippen molar-refractivity contribution in [2.24, 2.45) is 0 Å². The lowest BCUT2D eigenvalue weighted by molar-refractivity contribution is 0.122. The van der Waals surface area contributed by atoms with E-state index in [1.165, 1.54) is 14.2 Å². The molecule has 1 aliphatic rings. The van der Waals surface area contributed by atoms with Crippen molar-refractivity contribution in [3.63, 3.8) is 0 Å². The first kappa shape index (κ1) is 31.1. The van der Waals surface area contributed by atoms with Crippen molar-refractivity contribution in [2.75, 3.05) is 63.2 Å². The smallest absolute Gasteiger partial charge is 0.352 e. The predicted molar refractivity (Wildman–Crippen MR) is 173 cm³/mol.